The van der Waals surface area contributed by atoms with Crippen molar-refractivity contribution in [2.45, 2.75) is 49.8 Å². The predicted octanol–water partition coefficient (Wildman–Crippen LogP) is -0.646. The summed E-state index contributed by atoms with van der Waals surface area (Å²) in [6.07, 6.45) is -0.189. The van der Waals surface area contributed by atoms with Crippen LogP contribution in [0, 0.1) is 17.8 Å². The molecule has 14 heteroatoms. The molecule has 0 aromatic carbocycles. The normalized spacial score (nSPS) is 22.9. The van der Waals surface area contributed by atoms with Crippen LogP contribution in [0.5, 0.6) is 0 Å². The summed E-state index contributed by atoms with van der Waals surface area (Å²) in [4.78, 5) is 42.9. The van der Waals surface area contributed by atoms with Crippen molar-refractivity contribution < 1.29 is 28.9 Å². The van der Waals surface area contributed by atoms with Gasteiger partial charge < -0.3 is 30.9 Å². The molecule has 0 spiro atoms. The monoisotopic (exact) mass is 524 g/mol. The summed E-state index contributed by atoms with van der Waals surface area (Å²) in [5.74, 6) is 4.22. The second kappa shape index (κ2) is 10.3. The van der Waals surface area contributed by atoms with E-state index in [-0.39, 0.29) is 46.9 Å². The van der Waals surface area contributed by atoms with Crippen LogP contribution in [0.15, 0.2) is 24.7 Å². The molecule has 38 heavy (non-hydrogen) atoms. The number of fused-ring (bicyclic) bond motifs is 1. The van der Waals surface area contributed by atoms with Crippen molar-refractivity contribution in [3.63, 3.8) is 0 Å². The van der Waals surface area contributed by atoms with Crippen LogP contribution in [0.1, 0.15) is 41.7 Å². The second-order valence-electron chi connectivity index (χ2n) is 8.99. The maximum atomic E-state index is 13.2. The van der Waals surface area contributed by atoms with Crippen molar-refractivity contribution in [2.24, 2.45) is 0 Å². The van der Waals surface area contributed by atoms with E-state index in [1.54, 1.807) is 4.90 Å². The van der Waals surface area contributed by atoms with E-state index in [1.165, 1.54) is 30.2 Å². The number of imidazole rings is 1. The lowest BCUT2D eigenvalue weighted by molar-refractivity contribution is -0.137. The third kappa shape index (κ3) is 4.62. The van der Waals surface area contributed by atoms with E-state index in [1.807, 2.05) is 0 Å². The lowest BCUT2D eigenvalue weighted by Crippen LogP contribution is -2.44. The van der Waals surface area contributed by atoms with E-state index >= 15 is 0 Å². The number of pyridine rings is 1. The van der Waals surface area contributed by atoms with Gasteiger partial charge in [-0.1, -0.05) is 5.92 Å². The Morgan fingerprint density at radius 2 is 2.05 bits per heavy atom. The zero-order chi connectivity index (χ0) is 27.0. The van der Waals surface area contributed by atoms with E-state index in [0.29, 0.717) is 0 Å². The highest BCUT2D eigenvalue weighted by Gasteiger charge is 2.47. The highest BCUT2D eigenvalue weighted by molar-refractivity contribution is 5.94. The van der Waals surface area contributed by atoms with Gasteiger partial charge in [-0.25, -0.2) is 19.9 Å². The van der Waals surface area contributed by atoms with E-state index in [4.69, 9.17) is 10.5 Å². The zero-order valence-electron chi connectivity index (χ0n) is 20.3. The number of amides is 2. The van der Waals surface area contributed by atoms with Crippen LogP contribution >= 0.6 is 0 Å². The van der Waals surface area contributed by atoms with Gasteiger partial charge in [0.2, 0.25) is 11.8 Å². The van der Waals surface area contributed by atoms with E-state index < -0.39 is 36.4 Å². The first-order valence-corrected chi connectivity index (χ1v) is 11.9. The van der Waals surface area contributed by atoms with Gasteiger partial charge in [0.15, 0.2) is 23.8 Å². The molecule has 198 valence electrons. The molecule has 4 heterocycles. The number of ether oxygens (including phenoxy) is 1. The van der Waals surface area contributed by atoms with Gasteiger partial charge in [-0.3, -0.25) is 14.2 Å². The van der Waals surface area contributed by atoms with Crippen molar-refractivity contribution in [1.82, 2.24) is 34.7 Å². The number of aliphatic hydroxyl groups is 2. The summed E-state index contributed by atoms with van der Waals surface area (Å²) in [5, 5.41) is 23.2. The Hall–Kier alpha value is -4.19. The summed E-state index contributed by atoms with van der Waals surface area (Å²) in [5.41, 5.74) is 6.73. The number of rotatable bonds is 5. The third-order valence-electron chi connectivity index (χ3n) is 6.67. The molecular weight excluding hydrogens is 499 g/mol. The smallest absolute Gasteiger partial charge is 0.256 e. The number of carbonyl (C=O) groups excluding carboxylic acids is 2. The number of nitrogen functional groups attached to an aromatic ring is 1. The Kier molecular flexibility index (Phi) is 6.89. The van der Waals surface area contributed by atoms with Crippen LogP contribution < -0.4 is 11.1 Å². The molecule has 5 N–H and O–H groups in total. The van der Waals surface area contributed by atoms with Crippen molar-refractivity contribution >= 4 is 28.8 Å². The topological polar surface area (TPSA) is 182 Å². The summed E-state index contributed by atoms with van der Waals surface area (Å²) < 4.78 is 20.1. The van der Waals surface area contributed by atoms with Crippen LogP contribution in [0.4, 0.5) is 10.2 Å². The number of hydrogen-bond donors (Lipinski definition) is 4. The van der Waals surface area contributed by atoms with Gasteiger partial charge in [-0.15, -0.1) is 0 Å². The maximum absolute atomic E-state index is 13.2. The van der Waals surface area contributed by atoms with Crippen molar-refractivity contribution in [3.8, 4) is 11.8 Å². The van der Waals surface area contributed by atoms with Gasteiger partial charge in [0.25, 0.3) is 11.8 Å². The highest BCUT2D eigenvalue weighted by Crippen LogP contribution is 2.32. The van der Waals surface area contributed by atoms with Crippen LogP contribution in [0.25, 0.3) is 11.2 Å². The maximum Gasteiger partial charge on any atom is 0.256 e. The van der Waals surface area contributed by atoms with Gasteiger partial charge >= 0.3 is 0 Å². The Morgan fingerprint density at radius 3 is 2.71 bits per heavy atom. The number of nitrogens with one attached hydrogen (secondary N) is 1. The minimum Gasteiger partial charge on any atom is -0.387 e. The molecule has 13 nitrogen and oxygen atoms in total. The Balaban J connectivity index is 1.40. The van der Waals surface area contributed by atoms with E-state index in [0.717, 1.165) is 25.3 Å². The van der Waals surface area contributed by atoms with Crippen molar-refractivity contribution in [3.05, 3.63) is 42.0 Å². The summed E-state index contributed by atoms with van der Waals surface area (Å²) in [6.45, 7) is 0.0753. The molecule has 1 aliphatic heterocycles. The molecule has 1 saturated heterocycles. The first kappa shape index (κ1) is 25.5. The first-order chi connectivity index (χ1) is 18.3. The molecule has 1 aliphatic carbocycles. The lowest BCUT2D eigenvalue weighted by atomic mass is 9.91. The van der Waals surface area contributed by atoms with Gasteiger partial charge in [0.05, 0.1) is 18.4 Å². The van der Waals surface area contributed by atoms with Gasteiger partial charge in [-0.2, -0.15) is 4.39 Å². The molecule has 4 atom stereocenters. The average Bonchev–Trinajstić information content (AvgIpc) is 3.43. The Labute approximate surface area is 215 Å². The van der Waals surface area contributed by atoms with Crippen LogP contribution in [0.3, 0.4) is 0 Å². The van der Waals surface area contributed by atoms with Crippen molar-refractivity contribution in [2.75, 3.05) is 19.3 Å². The average molecular weight is 525 g/mol. The first-order valence-electron chi connectivity index (χ1n) is 11.9. The SMILES string of the molecule is CNC(=O)[C@H]1O[C@@H](n2cnc3c(N)nc(C#CCN(C(=O)c4ccc(F)nc4)C4CCC4)nc32)[C@H](O)[C@H]1O. The fourth-order valence-electron chi connectivity index (χ4n) is 4.37. The molecule has 5 rings (SSSR count). The zero-order valence-corrected chi connectivity index (χ0v) is 20.3. The number of anilines is 1. The summed E-state index contributed by atoms with van der Waals surface area (Å²) in [6, 6.07) is 2.53. The minimum absolute atomic E-state index is 0.0115. The van der Waals surface area contributed by atoms with Gasteiger partial charge in [-0.05, 0) is 37.3 Å². The quantitative estimate of drug-likeness (QED) is 0.247. The molecule has 1 saturated carbocycles. The molecule has 2 fully saturated rings. The molecule has 2 aliphatic rings. The Bertz CT molecular complexity index is 1430. The fraction of sp³-hybridized carbons (Fsp3) is 0.417. The Morgan fingerprint density at radius 1 is 1.26 bits per heavy atom. The summed E-state index contributed by atoms with van der Waals surface area (Å²) >= 11 is 0. The standard InChI is InChI=1S/C24H25FN8O5/c1-27-22(36)19-17(34)18(35)24(38-19)33-11-29-16-20(26)30-15(31-21(16)33)6-3-9-32(13-4-2-5-13)23(37)12-7-8-14(25)28-10-12/h7-8,10-11,13,17-19,24,34-35H,2,4-5,9H2,1H3,(H,27,36)(H2,26,30,31)/t17-,18-,19+,24-/m1/s1. The molecule has 2 amide bonds. The number of nitrogens with two attached hydrogens (primary N) is 1. The molecule has 0 bridgehead atoms. The van der Waals surface area contributed by atoms with E-state index in [2.05, 4.69) is 37.1 Å². The number of halogens is 1. The molecule has 3 aromatic heterocycles. The predicted molar refractivity (Wildman–Crippen MR) is 129 cm³/mol. The van der Waals surface area contributed by atoms with Crippen LogP contribution in [-0.2, 0) is 9.53 Å². The largest absolute Gasteiger partial charge is 0.387 e. The number of carbonyl (C=O) groups is 2. The molecule has 0 radical (unpaired) electrons. The van der Waals surface area contributed by atoms with Crippen LogP contribution in [0.2, 0.25) is 0 Å². The number of likely N-dealkylation sites (N-methyl/N-ethyl adjacent to an activating group) is 1. The second-order valence-corrected chi connectivity index (χ2v) is 8.99. The lowest BCUT2D eigenvalue weighted by Gasteiger charge is -2.36. The minimum atomic E-state index is -1.47. The van der Waals surface area contributed by atoms with Crippen molar-refractivity contribution in [1.29, 1.82) is 0 Å². The number of hydrogen-bond acceptors (Lipinski definition) is 10. The fourth-order valence-corrected chi connectivity index (χ4v) is 4.37. The number of aliphatic hydroxyl groups excluding tert-OH is 2. The molecule has 0 unspecified atom stereocenters. The van der Waals surface area contributed by atoms with Crippen LogP contribution in [-0.4, -0.2) is 89.4 Å². The number of nitrogens with zero attached hydrogens (tertiary/aromatic N) is 6. The van der Waals surface area contributed by atoms with Gasteiger partial charge in [0, 0.05) is 19.3 Å². The summed E-state index contributed by atoms with van der Waals surface area (Å²) in [7, 11) is 1.39. The molecule has 3 aromatic rings. The van der Waals surface area contributed by atoms with Gasteiger partial charge in [0.1, 0.15) is 17.7 Å². The molecular formula is C24H25FN8O5. The number of aromatic nitrogens is 5. The third-order valence-corrected chi connectivity index (χ3v) is 6.67. The highest BCUT2D eigenvalue weighted by atomic mass is 19.1. The van der Waals surface area contributed by atoms with E-state index in [9.17, 15) is 24.2 Å².